The summed E-state index contributed by atoms with van der Waals surface area (Å²) in [6.45, 7) is 6.80. The number of hydrogen-bond donors (Lipinski definition) is 2. The van der Waals surface area contributed by atoms with Crippen molar-refractivity contribution in [2.45, 2.75) is 33.8 Å². The lowest BCUT2D eigenvalue weighted by Gasteiger charge is -2.09. The number of hydrogen-bond acceptors (Lipinski definition) is 6. The summed E-state index contributed by atoms with van der Waals surface area (Å²) < 4.78 is 16.4. The first-order valence-corrected chi connectivity index (χ1v) is 9.77. The second-order valence-electron chi connectivity index (χ2n) is 7.30. The molecule has 0 bridgehead atoms. The molecule has 0 aliphatic carbocycles. The molecule has 0 aliphatic rings. The van der Waals surface area contributed by atoms with Gasteiger partial charge in [-0.25, -0.2) is 4.79 Å². The number of furan rings is 1. The van der Waals surface area contributed by atoms with Crippen LogP contribution in [0.25, 0.3) is 11.0 Å². The number of fused-ring (bicyclic) bond motifs is 1. The normalized spacial score (nSPS) is 10.7. The number of amides is 2. The summed E-state index contributed by atoms with van der Waals surface area (Å²) in [5.41, 5.74) is 6.92. The Hall–Kier alpha value is -3.81. The van der Waals surface area contributed by atoms with Crippen LogP contribution in [-0.2, 0) is 9.53 Å². The lowest BCUT2D eigenvalue weighted by molar-refractivity contribution is -0.123. The average molecular weight is 424 g/mol. The van der Waals surface area contributed by atoms with Gasteiger partial charge in [0.2, 0.25) is 0 Å². The Morgan fingerprint density at radius 1 is 1.00 bits per heavy atom. The minimum Gasteiger partial charge on any atom is -0.484 e. The van der Waals surface area contributed by atoms with Gasteiger partial charge < -0.3 is 13.9 Å². The topological polar surface area (TPSA) is 107 Å². The predicted octanol–water partition coefficient (Wildman–Crippen LogP) is 3.45. The first-order valence-electron chi connectivity index (χ1n) is 9.77. The van der Waals surface area contributed by atoms with E-state index in [4.69, 9.17) is 13.9 Å². The predicted molar refractivity (Wildman–Crippen MR) is 114 cm³/mol. The molecule has 0 unspecified atom stereocenters. The molecule has 8 nitrogen and oxygen atoms in total. The second kappa shape index (κ2) is 9.34. The zero-order valence-corrected chi connectivity index (χ0v) is 17.8. The van der Waals surface area contributed by atoms with Gasteiger partial charge in [-0.15, -0.1) is 0 Å². The number of rotatable bonds is 6. The van der Waals surface area contributed by atoms with Crippen LogP contribution in [0.3, 0.4) is 0 Å². The third-order valence-corrected chi connectivity index (χ3v) is 4.38. The summed E-state index contributed by atoms with van der Waals surface area (Å²) in [6, 6.07) is 11.8. The molecular formula is C23H24N2O6. The van der Waals surface area contributed by atoms with Crippen LogP contribution in [0, 0.1) is 13.8 Å². The summed E-state index contributed by atoms with van der Waals surface area (Å²) >= 11 is 0. The molecule has 3 rings (SSSR count). The molecule has 8 heteroatoms. The van der Waals surface area contributed by atoms with E-state index in [2.05, 4.69) is 10.9 Å². The summed E-state index contributed by atoms with van der Waals surface area (Å²) in [7, 11) is 0. The van der Waals surface area contributed by atoms with Gasteiger partial charge in [0.05, 0.1) is 6.10 Å². The molecule has 31 heavy (non-hydrogen) atoms. The highest BCUT2D eigenvalue weighted by atomic mass is 16.5. The Morgan fingerprint density at radius 2 is 1.71 bits per heavy atom. The zero-order valence-electron chi connectivity index (χ0n) is 17.8. The molecule has 2 aromatic carbocycles. The molecule has 0 aliphatic heterocycles. The standard InChI is InChI=1S/C23H24N2O6/c1-13(2)30-23(28)21-15(4)31-19-10-9-17(11-18(19)21)29-12-20(26)24-25-22(27)16-7-5-14(3)6-8-16/h5-11,13H,12H2,1-4H3,(H,24,26)(H,25,27). The number of esters is 1. The monoisotopic (exact) mass is 424 g/mol. The molecule has 1 heterocycles. The van der Waals surface area contributed by atoms with Crippen LogP contribution >= 0.6 is 0 Å². The summed E-state index contributed by atoms with van der Waals surface area (Å²) in [5.74, 6) is -0.651. The van der Waals surface area contributed by atoms with Crippen LogP contribution in [0.5, 0.6) is 5.75 Å². The molecule has 0 saturated heterocycles. The summed E-state index contributed by atoms with van der Waals surface area (Å²) in [6.07, 6.45) is -0.268. The first kappa shape index (κ1) is 21.9. The maximum Gasteiger partial charge on any atom is 0.342 e. The molecule has 0 fully saturated rings. The van der Waals surface area contributed by atoms with E-state index >= 15 is 0 Å². The van der Waals surface area contributed by atoms with Crippen molar-refractivity contribution in [2.75, 3.05) is 6.61 Å². The van der Waals surface area contributed by atoms with Crippen molar-refractivity contribution in [3.8, 4) is 5.75 Å². The smallest absolute Gasteiger partial charge is 0.342 e. The van der Waals surface area contributed by atoms with Crippen LogP contribution in [0.15, 0.2) is 46.9 Å². The Kier molecular flexibility index (Phi) is 6.59. The van der Waals surface area contributed by atoms with Gasteiger partial charge in [0, 0.05) is 10.9 Å². The third kappa shape index (κ3) is 5.42. The number of hydrazine groups is 1. The van der Waals surface area contributed by atoms with Gasteiger partial charge in [0.25, 0.3) is 11.8 Å². The van der Waals surface area contributed by atoms with E-state index in [1.165, 1.54) is 0 Å². The van der Waals surface area contributed by atoms with Gasteiger partial charge in [-0.3, -0.25) is 20.4 Å². The Labute approximate surface area is 179 Å². The number of nitrogens with one attached hydrogen (secondary N) is 2. The van der Waals surface area contributed by atoms with Crippen LogP contribution in [-0.4, -0.2) is 30.5 Å². The third-order valence-electron chi connectivity index (χ3n) is 4.38. The molecule has 0 radical (unpaired) electrons. The van der Waals surface area contributed by atoms with Gasteiger partial charge in [-0.1, -0.05) is 17.7 Å². The van der Waals surface area contributed by atoms with E-state index in [1.54, 1.807) is 63.2 Å². The fourth-order valence-electron chi connectivity index (χ4n) is 2.90. The summed E-state index contributed by atoms with van der Waals surface area (Å²) in [4.78, 5) is 36.5. The maximum atomic E-state index is 12.4. The Bertz CT molecular complexity index is 1120. The van der Waals surface area contributed by atoms with E-state index in [0.717, 1.165) is 5.56 Å². The van der Waals surface area contributed by atoms with E-state index in [9.17, 15) is 14.4 Å². The van der Waals surface area contributed by atoms with Gasteiger partial charge in [-0.2, -0.15) is 0 Å². The number of carbonyl (C=O) groups excluding carboxylic acids is 3. The summed E-state index contributed by atoms with van der Waals surface area (Å²) in [5, 5.41) is 0.536. The number of ether oxygens (including phenoxy) is 2. The van der Waals surface area contributed by atoms with Crippen LogP contribution in [0.1, 0.15) is 45.9 Å². The van der Waals surface area contributed by atoms with Gasteiger partial charge in [0.1, 0.15) is 22.7 Å². The highest BCUT2D eigenvalue weighted by Gasteiger charge is 2.21. The average Bonchev–Trinajstić information content (AvgIpc) is 3.05. The minimum atomic E-state index is -0.539. The van der Waals surface area contributed by atoms with Crippen molar-refractivity contribution in [3.63, 3.8) is 0 Å². The van der Waals surface area contributed by atoms with Crippen molar-refractivity contribution < 1.29 is 28.3 Å². The molecule has 1 aromatic heterocycles. The largest absolute Gasteiger partial charge is 0.484 e. The minimum absolute atomic E-state index is 0.268. The molecule has 0 saturated carbocycles. The van der Waals surface area contributed by atoms with Crippen molar-refractivity contribution in [1.29, 1.82) is 0 Å². The molecule has 162 valence electrons. The van der Waals surface area contributed by atoms with Crippen LogP contribution in [0.4, 0.5) is 0 Å². The van der Waals surface area contributed by atoms with Crippen molar-refractivity contribution in [2.24, 2.45) is 0 Å². The maximum absolute atomic E-state index is 12.4. The van der Waals surface area contributed by atoms with Crippen molar-refractivity contribution in [3.05, 3.63) is 64.9 Å². The SMILES string of the molecule is Cc1ccc(C(=O)NNC(=O)COc2ccc3oc(C)c(C(=O)OC(C)C)c3c2)cc1. The Morgan fingerprint density at radius 3 is 2.39 bits per heavy atom. The molecule has 3 aromatic rings. The molecule has 2 amide bonds. The van der Waals surface area contributed by atoms with E-state index in [-0.39, 0.29) is 12.7 Å². The molecule has 0 atom stereocenters. The lowest BCUT2D eigenvalue weighted by Crippen LogP contribution is -2.43. The van der Waals surface area contributed by atoms with E-state index < -0.39 is 17.8 Å². The molecule has 0 spiro atoms. The first-order chi connectivity index (χ1) is 14.7. The van der Waals surface area contributed by atoms with Crippen molar-refractivity contribution >= 4 is 28.8 Å². The molecule has 2 N–H and O–H groups in total. The van der Waals surface area contributed by atoms with Crippen molar-refractivity contribution in [1.82, 2.24) is 10.9 Å². The van der Waals surface area contributed by atoms with Gasteiger partial charge in [0.15, 0.2) is 6.61 Å². The fourth-order valence-corrected chi connectivity index (χ4v) is 2.90. The highest BCUT2D eigenvalue weighted by Crippen LogP contribution is 2.30. The van der Waals surface area contributed by atoms with Crippen LogP contribution < -0.4 is 15.6 Å². The lowest BCUT2D eigenvalue weighted by atomic mass is 10.1. The van der Waals surface area contributed by atoms with E-state index in [1.807, 2.05) is 6.92 Å². The second-order valence-corrected chi connectivity index (χ2v) is 7.30. The number of benzene rings is 2. The number of carbonyl (C=O) groups is 3. The highest BCUT2D eigenvalue weighted by molar-refractivity contribution is 6.05. The Balaban J connectivity index is 1.61. The number of aryl methyl sites for hydroxylation is 2. The van der Waals surface area contributed by atoms with E-state index in [0.29, 0.717) is 33.6 Å². The van der Waals surface area contributed by atoms with Crippen LogP contribution in [0.2, 0.25) is 0 Å². The molecular weight excluding hydrogens is 400 g/mol. The fraction of sp³-hybridized carbons (Fsp3) is 0.261. The quantitative estimate of drug-likeness (QED) is 0.464. The van der Waals surface area contributed by atoms with Gasteiger partial charge in [-0.05, 0) is 58.0 Å². The van der Waals surface area contributed by atoms with Gasteiger partial charge >= 0.3 is 5.97 Å². The zero-order chi connectivity index (χ0) is 22.5.